The number of carbonyl (C=O) groups excluding carboxylic acids is 6. The van der Waals surface area contributed by atoms with Gasteiger partial charge in [-0.25, -0.2) is 14.3 Å². The molecular weight excluding hydrogens is 1190 g/mol. The van der Waals surface area contributed by atoms with Crippen molar-refractivity contribution in [2.45, 2.75) is 131 Å². The van der Waals surface area contributed by atoms with Gasteiger partial charge in [0.2, 0.25) is 17.6 Å². The molecule has 2 saturated heterocycles. The second-order valence-corrected chi connectivity index (χ2v) is 23.5. The molecule has 12 atom stereocenters. The maximum absolute atomic E-state index is 13.0. The van der Waals surface area contributed by atoms with Crippen LogP contribution in [0.3, 0.4) is 0 Å². The van der Waals surface area contributed by atoms with Crippen LogP contribution < -0.4 is 21.3 Å². The predicted molar refractivity (Wildman–Crippen MR) is 317 cm³/mol. The number of aldehydes is 1. The number of aliphatic hydroxyl groups is 6. The van der Waals surface area contributed by atoms with Gasteiger partial charge in [-0.05, 0) is 48.7 Å². The number of nitrogens with zero attached hydrogens (tertiary/aromatic N) is 6. The number of thioether (sulfide) groups is 2. The first-order valence-electron chi connectivity index (χ1n) is 28.5. The summed E-state index contributed by atoms with van der Waals surface area (Å²) in [6.07, 6.45) is -9.43. The molecule has 4 amide bonds. The van der Waals surface area contributed by atoms with Crippen LogP contribution in [0.4, 0.5) is 4.79 Å². The second kappa shape index (κ2) is 33.0. The molecule has 0 saturated carbocycles. The molecule has 5 aromatic rings. The molecule has 11 N–H and O–H groups in total. The van der Waals surface area contributed by atoms with Gasteiger partial charge < -0.3 is 76.0 Å². The molecule has 2 fully saturated rings. The summed E-state index contributed by atoms with van der Waals surface area (Å²) in [5.74, 6) is -5.57. The zero-order valence-corrected chi connectivity index (χ0v) is 49.9. The van der Waals surface area contributed by atoms with E-state index in [4.69, 9.17) is 18.9 Å². The van der Waals surface area contributed by atoms with Crippen LogP contribution in [-0.4, -0.2) is 229 Å². The summed E-state index contributed by atoms with van der Waals surface area (Å²) < 4.78 is 25.6. The first-order valence-corrected chi connectivity index (χ1v) is 30.8. The summed E-state index contributed by atoms with van der Waals surface area (Å²) in [5, 5.41) is 103. The number of Topliss-reactive ketones (excluding diaryl/α,β-unsaturated/α-hetero) is 1. The van der Waals surface area contributed by atoms with Crippen molar-refractivity contribution >= 4 is 65.3 Å². The van der Waals surface area contributed by atoms with Crippen LogP contribution in [0.2, 0.25) is 0 Å². The van der Waals surface area contributed by atoms with Gasteiger partial charge in [-0.3, -0.25) is 24.0 Å². The maximum Gasteiger partial charge on any atom is 0.364 e. The van der Waals surface area contributed by atoms with E-state index in [0.29, 0.717) is 83.2 Å². The minimum Gasteiger partial charge on any atom is -0.477 e. The first-order chi connectivity index (χ1) is 42.2. The molecule has 2 aliphatic heterocycles. The van der Waals surface area contributed by atoms with Crippen molar-refractivity contribution in [3.8, 4) is 22.5 Å². The minimum absolute atomic E-state index is 0.0293. The highest BCUT2D eigenvalue weighted by Crippen LogP contribution is 2.35. The monoisotopic (exact) mass is 1260 g/mol. The molecule has 4 heterocycles. The van der Waals surface area contributed by atoms with Crippen molar-refractivity contribution in [2.75, 3.05) is 49.3 Å². The van der Waals surface area contributed by atoms with E-state index in [2.05, 4.69) is 41.9 Å². The molecule has 3 aromatic carbocycles. The van der Waals surface area contributed by atoms with Gasteiger partial charge in [0.05, 0.1) is 62.5 Å². The lowest BCUT2D eigenvalue weighted by Gasteiger charge is -2.46. The summed E-state index contributed by atoms with van der Waals surface area (Å²) in [6.45, 7) is 1.69. The summed E-state index contributed by atoms with van der Waals surface area (Å²) in [6, 6.07) is 21.0. The molecule has 30 heteroatoms. The van der Waals surface area contributed by atoms with Crippen LogP contribution in [0.5, 0.6) is 0 Å². The molecule has 476 valence electrons. The zero-order chi connectivity index (χ0) is 63.4. The van der Waals surface area contributed by atoms with Crippen LogP contribution in [0.15, 0.2) is 97.3 Å². The fourth-order valence-electron chi connectivity index (χ4n) is 9.84. The van der Waals surface area contributed by atoms with Gasteiger partial charge in [0, 0.05) is 74.2 Å². The number of aromatic nitrogens is 6. The van der Waals surface area contributed by atoms with E-state index in [1.807, 2.05) is 36.4 Å². The van der Waals surface area contributed by atoms with E-state index in [-0.39, 0.29) is 37.9 Å². The van der Waals surface area contributed by atoms with Gasteiger partial charge in [-0.1, -0.05) is 83.2 Å². The van der Waals surface area contributed by atoms with Crippen molar-refractivity contribution in [1.29, 1.82) is 0 Å². The third-order valence-electron chi connectivity index (χ3n) is 14.3. The van der Waals surface area contributed by atoms with E-state index in [1.54, 1.807) is 54.7 Å². The molecule has 0 aliphatic carbocycles. The fraction of sp³-hybridized carbons (Fsp3) is 0.500. The fourth-order valence-corrected chi connectivity index (χ4v) is 11.5. The molecule has 2 aromatic heterocycles. The Labute approximate surface area is 514 Å². The Bertz CT molecular complexity index is 3090. The number of ether oxygens (including phenoxy) is 4. The van der Waals surface area contributed by atoms with Crippen LogP contribution in [0, 0.1) is 0 Å². The summed E-state index contributed by atoms with van der Waals surface area (Å²) >= 11 is 2.99. The molecule has 0 radical (unpaired) electrons. The van der Waals surface area contributed by atoms with E-state index >= 15 is 0 Å². The third-order valence-corrected chi connectivity index (χ3v) is 16.6. The number of hydrogen-bond donors (Lipinski definition) is 11. The van der Waals surface area contributed by atoms with E-state index < -0.39 is 116 Å². The summed E-state index contributed by atoms with van der Waals surface area (Å²) in [5.41, 5.74) is 3.18. The molecular formula is C58H74N10O18S2. The zero-order valence-electron chi connectivity index (χ0n) is 48.3. The number of carbonyl (C=O) groups is 7. The molecule has 0 bridgehead atoms. The number of hydrogen-bond acceptors (Lipinski definition) is 23. The summed E-state index contributed by atoms with van der Waals surface area (Å²) in [7, 11) is 0. The van der Waals surface area contributed by atoms with Gasteiger partial charge >= 0.3 is 12.0 Å². The van der Waals surface area contributed by atoms with Gasteiger partial charge in [-0.2, -0.15) is 28.2 Å². The van der Waals surface area contributed by atoms with Crippen LogP contribution in [0.25, 0.3) is 22.5 Å². The van der Waals surface area contributed by atoms with Gasteiger partial charge in [0.25, 0.3) is 11.7 Å². The van der Waals surface area contributed by atoms with Crippen LogP contribution in [0.1, 0.15) is 73.1 Å². The Morgan fingerprint density at radius 2 is 1.23 bits per heavy atom. The van der Waals surface area contributed by atoms with Gasteiger partial charge in [0.1, 0.15) is 41.9 Å². The number of amides is 4. The molecule has 7 rings (SSSR count). The number of aliphatic hydroxyl groups excluding tert-OH is 6. The highest BCUT2D eigenvalue weighted by molar-refractivity contribution is 7.99. The number of aliphatic carboxylic acids is 1. The van der Waals surface area contributed by atoms with Crippen LogP contribution in [-0.2, 0) is 44.7 Å². The van der Waals surface area contributed by atoms with Crippen molar-refractivity contribution < 1.29 is 88.3 Å². The Balaban J connectivity index is 0.767. The van der Waals surface area contributed by atoms with Gasteiger partial charge in [-0.15, -0.1) is 10.2 Å². The lowest BCUT2D eigenvalue weighted by molar-refractivity contribution is -0.310. The SMILES string of the molecule is CC(=O)N[C@H]1[C@H]([C@H](O)[C@H](O)Cn2cc(-c3ccccc3)nn2)O[C@@](OCCCSCCCC(=O)c2ccc(C(=O)NCCSCCCO[C@]3(C=O)C[C@H](O)[C@@H](NC(C)=O)[C@H]([C@H](O)[C@H](O)CNC(=O)n4cc(-c5ccccc5)nn4)O3)cc2)(C(=O)O)C[C@H]1O. The Morgan fingerprint density at radius 1 is 0.682 bits per heavy atom. The second-order valence-electron chi connectivity index (χ2n) is 21.0. The first kappa shape index (κ1) is 68.4. The minimum atomic E-state index is -2.43. The quantitative estimate of drug-likeness (QED) is 0.0155. The number of ketones is 1. The van der Waals surface area contributed by atoms with Crippen molar-refractivity contribution in [1.82, 2.24) is 51.3 Å². The normalized spacial score (nSPS) is 23.2. The molecule has 28 nitrogen and oxygen atoms in total. The highest BCUT2D eigenvalue weighted by Gasteiger charge is 2.56. The average Bonchev–Trinajstić information content (AvgIpc) is 4.09. The largest absolute Gasteiger partial charge is 0.477 e. The number of benzene rings is 3. The number of carboxylic acid groups (broad SMARTS) is 1. The molecule has 88 heavy (non-hydrogen) atoms. The Morgan fingerprint density at radius 3 is 1.84 bits per heavy atom. The number of carboxylic acids is 1. The van der Waals surface area contributed by atoms with Gasteiger partial charge in [0.15, 0.2) is 12.1 Å². The van der Waals surface area contributed by atoms with E-state index in [0.717, 1.165) is 10.2 Å². The maximum atomic E-state index is 13.0. The number of rotatable bonds is 33. The topological polar surface area (TPSA) is 408 Å². The lowest BCUT2D eigenvalue weighted by Crippen LogP contribution is -2.67. The number of nitrogens with one attached hydrogen (secondary N) is 4. The third kappa shape index (κ3) is 19.0. The van der Waals surface area contributed by atoms with Crippen molar-refractivity contribution in [2.24, 2.45) is 0 Å². The van der Waals surface area contributed by atoms with Crippen molar-refractivity contribution in [3.63, 3.8) is 0 Å². The standard InChI is InChI=1S/C58H74N10O18S2/c1-35(70)61-48-44(73)28-57(34-69,85-52(48)50(77)46(75)30-60-56(82)68-32-42(64-66-68)38-14-7-4-8-15-38)83-22-10-26-88-27-21-59-54(79)40-19-17-39(18-20-40)43(72)16-9-24-87-25-11-23-84-58(55(80)81)29-45(74)49(62-36(2)71)53(86-58)51(78)47(76)33-67-31-41(63-65-67)37-12-5-3-6-13-37/h3-8,12-15,17-20,31-32,34,44-53,73-78H,9-11,16,21-30,33H2,1-2H3,(H,59,79)(H,60,82)(H,61,70)(H,62,71)(H,80,81)/t44-,45+,46+,47+,48+,49+,50+,51+,52+,53+,57+,58+/m0/s1. The van der Waals surface area contributed by atoms with E-state index in [9.17, 15) is 69.3 Å². The Hall–Kier alpha value is -7.07. The highest BCUT2D eigenvalue weighted by atomic mass is 32.2. The average molecular weight is 1260 g/mol. The van der Waals surface area contributed by atoms with Crippen molar-refractivity contribution in [3.05, 3.63) is 108 Å². The Kier molecular flexibility index (Phi) is 25.6. The lowest BCUT2D eigenvalue weighted by atomic mass is 9.88. The summed E-state index contributed by atoms with van der Waals surface area (Å²) in [4.78, 5) is 88.1. The molecule has 0 spiro atoms. The smallest absolute Gasteiger partial charge is 0.364 e. The van der Waals surface area contributed by atoms with Crippen LogP contribution >= 0.6 is 23.5 Å². The predicted octanol–water partition coefficient (Wildman–Crippen LogP) is 0.563. The molecule has 0 unspecified atom stereocenters. The molecule has 2 aliphatic rings. The van der Waals surface area contributed by atoms with E-state index in [1.165, 1.54) is 48.2 Å².